The van der Waals surface area contributed by atoms with Crippen molar-refractivity contribution in [3.63, 3.8) is 0 Å². The molecule has 0 saturated heterocycles. The van der Waals surface area contributed by atoms with E-state index in [1.165, 1.54) is 0 Å². The van der Waals surface area contributed by atoms with E-state index in [2.05, 4.69) is 27.7 Å². The second-order valence-corrected chi connectivity index (χ2v) is 6.33. The van der Waals surface area contributed by atoms with E-state index in [-0.39, 0.29) is 36.3 Å². The van der Waals surface area contributed by atoms with Crippen molar-refractivity contribution in [3.8, 4) is 0 Å². The largest absolute Gasteiger partial charge is 0.344 e. The number of amides is 1. The number of hydrogen-bond acceptors (Lipinski definition) is 5. The van der Waals surface area contributed by atoms with Crippen molar-refractivity contribution in [2.24, 2.45) is 11.8 Å². The summed E-state index contributed by atoms with van der Waals surface area (Å²) in [4.78, 5) is 16.4. The van der Waals surface area contributed by atoms with Gasteiger partial charge < -0.3 is 15.2 Å². The summed E-state index contributed by atoms with van der Waals surface area (Å²) in [6.45, 7) is 10.2. The quantitative estimate of drug-likeness (QED) is 0.764. The van der Waals surface area contributed by atoms with Crippen LogP contribution in [0.4, 0.5) is 0 Å². The molecule has 7 heteroatoms. The van der Waals surface area contributed by atoms with Crippen LogP contribution in [0.1, 0.15) is 58.8 Å². The van der Waals surface area contributed by atoms with Crippen molar-refractivity contribution in [2.75, 3.05) is 7.05 Å². The van der Waals surface area contributed by atoms with Crippen LogP contribution >= 0.6 is 12.4 Å². The van der Waals surface area contributed by atoms with Crippen molar-refractivity contribution in [1.29, 1.82) is 0 Å². The first-order valence-corrected chi connectivity index (χ1v) is 7.62. The van der Waals surface area contributed by atoms with E-state index < -0.39 is 0 Å². The molecule has 0 aliphatic heterocycles. The van der Waals surface area contributed by atoms with E-state index in [1.807, 2.05) is 34.7 Å². The zero-order valence-corrected chi connectivity index (χ0v) is 15.2. The fraction of sp³-hybridized carbons (Fsp3) is 0.800. The van der Waals surface area contributed by atoms with E-state index >= 15 is 0 Å². The third-order valence-electron chi connectivity index (χ3n) is 3.31. The van der Waals surface area contributed by atoms with E-state index in [4.69, 9.17) is 4.52 Å². The molecule has 128 valence electrons. The monoisotopic (exact) mass is 332 g/mol. The highest BCUT2D eigenvalue weighted by molar-refractivity contribution is 5.85. The highest BCUT2D eigenvalue weighted by Gasteiger charge is 2.24. The third-order valence-corrected chi connectivity index (χ3v) is 3.31. The number of halogens is 1. The number of likely N-dealkylation sites (N-methyl/N-ethyl adjacent to an activating group) is 1. The molecule has 0 saturated carbocycles. The van der Waals surface area contributed by atoms with E-state index in [0.717, 1.165) is 0 Å². The number of hydrogen-bond donors (Lipinski definition) is 2. The number of aromatic nitrogens is 2. The molecule has 2 N–H and O–H groups in total. The minimum atomic E-state index is -0.234. The summed E-state index contributed by atoms with van der Waals surface area (Å²) in [6, 6.07) is 0.0471. The fourth-order valence-electron chi connectivity index (χ4n) is 1.97. The topological polar surface area (TPSA) is 80.0 Å². The maximum Gasteiger partial charge on any atom is 0.249 e. The predicted molar refractivity (Wildman–Crippen MR) is 88.9 cm³/mol. The summed E-state index contributed by atoms with van der Waals surface area (Å²) in [7, 11) is 1.90. The van der Waals surface area contributed by atoms with Gasteiger partial charge in [-0.1, -0.05) is 32.9 Å². The lowest BCUT2D eigenvalue weighted by molar-refractivity contribution is -0.123. The van der Waals surface area contributed by atoms with Crippen LogP contribution in [-0.4, -0.2) is 29.1 Å². The number of nitrogens with zero attached hydrogens (tertiary/aromatic N) is 2. The molecule has 1 heterocycles. The summed E-state index contributed by atoms with van der Waals surface area (Å²) in [6.07, 6.45) is 1.20. The Morgan fingerprint density at radius 2 is 1.86 bits per heavy atom. The summed E-state index contributed by atoms with van der Waals surface area (Å²) < 4.78 is 5.34. The van der Waals surface area contributed by atoms with Gasteiger partial charge in [0.25, 0.3) is 0 Å². The Labute approximate surface area is 139 Å². The minimum absolute atomic E-state index is 0. The van der Waals surface area contributed by atoms with Gasteiger partial charge in [-0.2, -0.15) is 4.98 Å². The predicted octanol–water partition coefficient (Wildman–Crippen LogP) is 2.50. The van der Waals surface area contributed by atoms with Crippen LogP contribution in [0.15, 0.2) is 4.52 Å². The molecule has 2 atom stereocenters. The molecule has 0 fully saturated rings. The molecule has 22 heavy (non-hydrogen) atoms. The Morgan fingerprint density at radius 1 is 1.23 bits per heavy atom. The first-order chi connectivity index (χ1) is 9.83. The maximum atomic E-state index is 12.0. The molecule has 0 bridgehead atoms. The first-order valence-electron chi connectivity index (χ1n) is 7.62. The van der Waals surface area contributed by atoms with Gasteiger partial charge in [0, 0.05) is 18.9 Å². The highest BCUT2D eigenvalue weighted by atomic mass is 35.5. The van der Waals surface area contributed by atoms with E-state index in [9.17, 15) is 4.79 Å². The van der Waals surface area contributed by atoms with Crippen LogP contribution in [-0.2, 0) is 11.2 Å². The lowest BCUT2D eigenvalue weighted by Crippen LogP contribution is -2.32. The summed E-state index contributed by atoms with van der Waals surface area (Å²) in [5.41, 5.74) is 0. The summed E-state index contributed by atoms with van der Waals surface area (Å²) >= 11 is 0. The van der Waals surface area contributed by atoms with Gasteiger partial charge in [-0.15, -0.1) is 12.4 Å². The zero-order chi connectivity index (χ0) is 16.0. The number of carbonyl (C=O) groups excluding carboxylic acids is 1. The molecule has 0 aliphatic carbocycles. The number of rotatable bonds is 8. The third kappa shape index (κ3) is 6.75. The number of nitrogens with one attached hydrogen (secondary N) is 2. The van der Waals surface area contributed by atoms with Gasteiger partial charge in [0.05, 0.1) is 0 Å². The van der Waals surface area contributed by atoms with Gasteiger partial charge in [0.1, 0.15) is 6.04 Å². The molecule has 1 rings (SSSR count). The molecular weight excluding hydrogens is 304 g/mol. The average Bonchev–Trinajstić information content (AvgIpc) is 2.82. The van der Waals surface area contributed by atoms with Gasteiger partial charge in [-0.25, -0.2) is 0 Å². The first kappa shape index (κ1) is 20.9. The molecule has 1 aromatic heterocycles. The van der Waals surface area contributed by atoms with Crippen molar-refractivity contribution < 1.29 is 9.32 Å². The normalized spacial score (nSPS) is 13.8. The average molecular weight is 333 g/mol. The molecule has 1 aromatic rings. The Kier molecular flexibility index (Phi) is 9.28. The van der Waals surface area contributed by atoms with Crippen molar-refractivity contribution in [1.82, 2.24) is 20.8 Å². The smallest absolute Gasteiger partial charge is 0.249 e. The second-order valence-electron chi connectivity index (χ2n) is 6.33. The fourth-order valence-corrected chi connectivity index (χ4v) is 1.97. The Balaban J connectivity index is 0.00000441. The standard InChI is InChI=1S/C15H28N4O2.ClH/c1-9(2)7-13(20)18-14(10(3)4)15-17-12(19-21-15)8-11(5)16-6;/h9-11,14,16H,7-8H2,1-6H3,(H,18,20);1H. The molecule has 0 radical (unpaired) electrons. The van der Waals surface area contributed by atoms with Gasteiger partial charge >= 0.3 is 0 Å². The lowest BCUT2D eigenvalue weighted by Gasteiger charge is -2.19. The molecule has 6 nitrogen and oxygen atoms in total. The Morgan fingerprint density at radius 3 is 2.36 bits per heavy atom. The van der Waals surface area contributed by atoms with Gasteiger partial charge in [0.15, 0.2) is 5.82 Å². The van der Waals surface area contributed by atoms with Crippen LogP contribution in [0.2, 0.25) is 0 Å². The zero-order valence-electron chi connectivity index (χ0n) is 14.3. The Hall–Kier alpha value is -1.14. The lowest BCUT2D eigenvalue weighted by atomic mass is 10.0. The van der Waals surface area contributed by atoms with Crippen molar-refractivity contribution >= 4 is 18.3 Å². The van der Waals surface area contributed by atoms with Crippen molar-refractivity contribution in [2.45, 2.75) is 59.5 Å². The summed E-state index contributed by atoms with van der Waals surface area (Å²) in [5, 5.41) is 10.1. The molecular formula is C15H29ClN4O2. The second kappa shape index (κ2) is 9.79. The van der Waals surface area contributed by atoms with E-state index in [0.29, 0.717) is 30.5 Å². The summed E-state index contributed by atoms with van der Waals surface area (Å²) in [5.74, 6) is 1.69. The van der Waals surface area contributed by atoms with Crippen LogP contribution < -0.4 is 10.6 Å². The van der Waals surface area contributed by atoms with Crippen LogP contribution in [0, 0.1) is 11.8 Å². The van der Waals surface area contributed by atoms with Crippen LogP contribution in [0.5, 0.6) is 0 Å². The van der Waals surface area contributed by atoms with Crippen LogP contribution in [0.3, 0.4) is 0 Å². The highest BCUT2D eigenvalue weighted by Crippen LogP contribution is 2.20. The molecule has 2 unspecified atom stereocenters. The maximum absolute atomic E-state index is 12.0. The molecule has 0 aliphatic rings. The van der Waals surface area contributed by atoms with Gasteiger partial charge in [0.2, 0.25) is 11.8 Å². The van der Waals surface area contributed by atoms with Crippen molar-refractivity contribution in [3.05, 3.63) is 11.7 Å². The SMILES string of the molecule is CNC(C)Cc1noc(C(NC(=O)CC(C)C)C(C)C)n1.Cl. The number of carbonyl (C=O) groups is 1. The van der Waals surface area contributed by atoms with E-state index in [1.54, 1.807) is 0 Å². The van der Waals surface area contributed by atoms with Gasteiger partial charge in [-0.05, 0) is 25.8 Å². The minimum Gasteiger partial charge on any atom is -0.344 e. The molecule has 1 amide bonds. The van der Waals surface area contributed by atoms with Gasteiger partial charge in [-0.3, -0.25) is 4.79 Å². The molecule has 0 aromatic carbocycles. The van der Waals surface area contributed by atoms with Crippen LogP contribution in [0.25, 0.3) is 0 Å². The Bertz CT molecular complexity index is 449. The molecule has 0 spiro atoms.